The first kappa shape index (κ1) is 17.3. The fourth-order valence-corrected chi connectivity index (χ4v) is 1.59. The molecular weight excluding hydrogens is 293 g/mol. The molecule has 1 rings (SSSR count). The van der Waals surface area contributed by atoms with E-state index in [0.29, 0.717) is 4.90 Å². The Hall–Kier alpha value is -1.74. The highest BCUT2D eigenvalue weighted by atomic mass is 19.4. The largest absolute Gasteiger partial charge is 0.569 e. The summed E-state index contributed by atoms with van der Waals surface area (Å²) in [7, 11) is 1.50. The minimum Gasteiger partial charge on any atom is -0.569 e. The second kappa shape index (κ2) is 5.94. The number of halogens is 3. The van der Waals surface area contributed by atoms with E-state index in [-0.39, 0.29) is 17.9 Å². The van der Waals surface area contributed by atoms with Crippen LogP contribution in [0.1, 0.15) is 27.2 Å². The van der Waals surface area contributed by atoms with E-state index in [0.717, 1.165) is 0 Å². The van der Waals surface area contributed by atoms with Crippen molar-refractivity contribution in [1.82, 2.24) is 9.91 Å². The fraction of sp³-hybridized carbons (Fsp3) is 0.909. The average Bonchev–Trinajstić information content (AvgIpc) is 2.62. The Morgan fingerprint density at radius 2 is 2.05 bits per heavy atom. The Kier molecular flexibility index (Phi) is 4.90. The number of carbonyl (C=O) groups is 1. The lowest BCUT2D eigenvalue weighted by molar-refractivity contribution is -0.720. The summed E-state index contributed by atoms with van der Waals surface area (Å²) in [5.41, 5.74) is -0.498. The van der Waals surface area contributed by atoms with E-state index in [1.807, 2.05) is 0 Å². The number of carbonyl (C=O) groups excluding carboxylic acids is 1. The van der Waals surface area contributed by atoms with Crippen LogP contribution < -0.4 is 0 Å². The zero-order valence-electron chi connectivity index (χ0n) is 12.3. The Morgan fingerprint density at radius 1 is 1.48 bits per heavy atom. The van der Waals surface area contributed by atoms with Crippen molar-refractivity contribution in [3.05, 3.63) is 5.21 Å². The fourth-order valence-electron chi connectivity index (χ4n) is 1.59. The summed E-state index contributed by atoms with van der Waals surface area (Å²) in [5, 5.41) is 16.1. The molecule has 0 N–H and O–H groups in total. The highest BCUT2D eigenvalue weighted by molar-refractivity contribution is 5.79. The van der Waals surface area contributed by atoms with Crippen molar-refractivity contribution in [2.24, 2.45) is 5.28 Å². The maximum absolute atomic E-state index is 12.2. The first-order chi connectivity index (χ1) is 9.40. The van der Waals surface area contributed by atoms with Crippen molar-refractivity contribution in [3.8, 4) is 0 Å². The van der Waals surface area contributed by atoms with Crippen molar-refractivity contribution in [1.29, 1.82) is 0 Å². The zero-order chi connectivity index (χ0) is 16.4. The smallest absolute Gasteiger partial charge is 0.406 e. The number of amides is 1. The topological polar surface area (TPSA) is 71.2 Å². The molecule has 1 atom stereocenters. The predicted molar refractivity (Wildman–Crippen MR) is 65.7 cm³/mol. The highest BCUT2D eigenvalue weighted by Gasteiger charge is 2.39. The number of hydrogen-bond donors (Lipinski definition) is 0. The van der Waals surface area contributed by atoms with E-state index < -0.39 is 30.3 Å². The van der Waals surface area contributed by atoms with Gasteiger partial charge >= 0.3 is 6.18 Å². The Morgan fingerprint density at radius 3 is 2.52 bits per heavy atom. The van der Waals surface area contributed by atoms with E-state index in [2.05, 4.69) is 5.28 Å². The normalized spacial score (nSPS) is 20.9. The molecule has 1 heterocycles. The highest BCUT2D eigenvalue weighted by Crippen LogP contribution is 2.22. The van der Waals surface area contributed by atoms with E-state index in [1.165, 1.54) is 12.1 Å². The van der Waals surface area contributed by atoms with Gasteiger partial charge in [-0.1, -0.05) is 0 Å². The maximum Gasteiger partial charge on any atom is 0.406 e. The predicted octanol–water partition coefficient (Wildman–Crippen LogP) is 1.69. The van der Waals surface area contributed by atoms with E-state index >= 15 is 0 Å². The SMILES string of the molecule is CN(/[N+]([O-])=N\O[C@@H]1CC(=O)N(CC(F)(F)F)C1)C(C)(C)C. The van der Waals surface area contributed by atoms with Crippen LogP contribution in [-0.2, 0) is 9.63 Å². The van der Waals surface area contributed by atoms with Crippen LogP contribution in [0.2, 0.25) is 0 Å². The van der Waals surface area contributed by atoms with Crippen molar-refractivity contribution in [2.75, 3.05) is 20.1 Å². The molecule has 1 amide bonds. The number of hydrogen-bond acceptors (Lipinski definition) is 4. The summed E-state index contributed by atoms with van der Waals surface area (Å²) in [4.78, 5) is 17.1. The Labute approximate surface area is 120 Å². The van der Waals surface area contributed by atoms with Crippen molar-refractivity contribution in [2.45, 2.75) is 45.0 Å². The molecule has 1 fully saturated rings. The van der Waals surface area contributed by atoms with Crippen LogP contribution in [0.4, 0.5) is 13.2 Å². The molecule has 0 spiro atoms. The van der Waals surface area contributed by atoms with Crippen LogP contribution in [0.15, 0.2) is 5.28 Å². The second-order valence-corrected chi connectivity index (χ2v) is 5.85. The number of alkyl halides is 3. The lowest BCUT2D eigenvalue weighted by Gasteiger charge is -2.26. The van der Waals surface area contributed by atoms with Gasteiger partial charge in [0.05, 0.1) is 30.5 Å². The summed E-state index contributed by atoms with van der Waals surface area (Å²) in [6.45, 7) is 3.76. The number of likely N-dealkylation sites (tertiary alicyclic amines) is 1. The molecule has 0 aliphatic carbocycles. The third-order valence-electron chi connectivity index (χ3n) is 3.04. The molecule has 1 aliphatic heterocycles. The minimum atomic E-state index is -4.46. The first-order valence-corrected chi connectivity index (χ1v) is 6.32. The Balaban J connectivity index is 2.57. The lowest BCUT2D eigenvalue weighted by Crippen LogP contribution is -2.42. The van der Waals surface area contributed by atoms with E-state index in [4.69, 9.17) is 4.84 Å². The first-order valence-electron chi connectivity index (χ1n) is 6.32. The molecule has 0 bridgehead atoms. The zero-order valence-corrected chi connectivity index (χ0v) is 12.3. The van der Waals surface area contributed by atoms with Crippen LogP contribution in [-0.4, -0.2) is 58.7 Å². The summed E-state index contributed by atoms with van der Waals surface area (Å²) < 4.78 is 36.7. The van der Waals surface area contributed by atoms with Crippen molar-refractivity contribution < 1.29 is 27.8 Å². The van der Waals surface area contributed by atoms with Crippen molar-refractivity contribution in [3.63, 3.8) is 0 Å². The summed E-state index contributed by atoms with van der Waals surface area (Å²) in [6.07, 6.45) is -5.55. The average molecular weight is 312 g/mol. The number of nitrogens with zero attached hydrogens (tertiary/aromatic N) is 4. The van der Waals surface area contributed by atoms with Crippen LogP contribution in [0, 0.1) is 5.21 Å². The van der Waals surface area contributed by atoms with Gasteiger partial charge in [-0.15, -0.1) is 5.01 Å². The van der Waals surface area contributed by atoms with Crippen LogP contribution >= 0.6 is 0 Å². The second-order valence-electron chi connectivity index (χ2n) is 5.85. The molecular formula is C11H19F3N4O3. The molecule has 0 aromatic carbocycles. The number of hydrazine groups is 1. The molecule has 0 saturated carbocycles. The van der Waals surface area contributed by atoms with E-state index in [1.54, 1.807) is 20.8 Å². The van der Waals surface area contributed by atoms with Gasteiger partial charge in [0.2, 0.25) is 11.2 Å². The minimum absolute atomic E-state index is 0.205. The molecule has 0 aromatic rings. The van der Waals surface area contributed by atoms with Crippen LogP contribution in [0.3, 0.4) is 0 Å². The van der Waals surface area contributed by atoms with Gasteiger partial charge in [0.25, 0.3) is 0 Å². The lowest BCUT2D eigenvalue weighted by atomic mass is 10.1. The molecule has 1 aliphatic rings. The molecule has 1 saturated heterocycles. The van der Waals surface area contributed by atoms with Crippen molar-refractivity contribution >= 4 is 5.91 Å². The third-order valence-corrected chi connectivity index (χ3v) is 3.04. The summed E-state index contributed by atoms with van der Waals surface area (Å²) >= 11 is 0. The van der Waals surface area contributed by atoms with Gasteiger partial charge in [-0.2, -0.15) is 13.2 Å². The summed E-state index contributed by atoms with van der Waals surface area (Å²) in [5.74, 6) is -0.672. The quantitative estimate of drug-likeness (QED) is 0.450. The number of rotatable bonds is 4. The molecule has 10 heteroatoms. The van der Waals surface area contributed by atoms with E-state index in [9.17, 15) is 23.2 Å². The monoisotopic (exact) mass is 312 g/mol. The van der Waals surface area contributed by atoms with Gasteiger partial charge in [0, 0.05) is 0 Å². The van der Waals surface area contributed by atoms with Gasteiger partial charge < -0.3 is 14.9 Å². The van der Waals surface area contributed by atoms with Gasteiger partial charge in [-0.05, 0) is 20.8 Å². The standard InChI is InChI=1S/C11H19F3N4O3/c1-10(2,3)16(4)18(20)15-21-8-5-9(19)17(6-8)7-11(12,13)14/h8H,5-7H2,1-4H3/b18-15+/t8-/m1/s1. The molecule has 21 heavy (non-hydrogen) atoms. The van der Waals surface area contributed by atoms with Gasteiger partial charge in [0.15, 0.2) is 6.10 Å². The molecule has 0 aromatic heterocycles. The Bertz CT molecular complexity index is 420. The third kappa shape index (κ3) is 5.27. The summed E-state index contributed by atoms with van der Waals surface area (Å²) in [6, 6.07) is 0. The maximum atomic E-state index is 12.2. The molecule has 0 radical (unpaired) electrons. The molecule has 122 valence electrons. The molecule has 7 nitrogen and oxygen atoms in total. The van der Waals surface area contributed by atoms with Crippen LogP contribution in [0.5, 0.6) is 0 Å². The van der Waals surface area contributed by atoms with Gasteiger partial charge in [-0.3, -0.25) is 4.79 Å². The van der Waals surface area contributed by atoms with Gasteiger partial charge in [-0.25, -0.2) is 0 Å². The van der Waals surface area contributed by atoms with Gasteiger partial charge in [0.1, 0.15) is 6.54 Å². The molecule has 0 unspecified atom stereocenters. The van der Waals surface area contributed by atoms with Crippen LogP contribution in [0.25, 0.3) is 0 Å².